The number of rotatable bonds is 10. The number of likely N-dealkylation sites (tertiary alicyclic amines) is 1. The molecule has 0 bridgehead atoms. The Morgan fingerprint density at radius 2 is 0.754 bits per heavy atom. The number of amides is 1. The minimum Gasteiger partial charge on any atom is -0.478 e. The van der Waals surface area contributed by atoms with Gasteiger partial charge >= 0.3 is 5.97 Å². The number of hydrogen-bond donors (Lipinski definition) is 6. The van der Waals surface area contributed by atoms with Crippen molar-refractivity contribution in [1.29, 1.82) is 0 Å². The zero-order valence-corrected chi connectivity index (χ0v) is 36.8. The molecule has 3 saturated carbocycles. The summed E-state index contributed by atoms with van der Waals surface area (Å²) in [4.78, 5) is 21.6. The van der Waals surface area contributed by atoms with Gasteiger partial charge in [-0.1, -0.05) is 161 Å². The predicted molar refractivity (Wildman–Crippen MR) is 238 cm³/mol. The topological polar surface area (TPSA) is 159 Å². The monoisotopic (exact) mass is 812 g/mol. The Balaban J connectivity index is 0. The van der Waals surface area contributed by atoms with E-state index in [1.54, 1.807) is 11.1 Å². The molecular formula is C48H93NO8. The highest BCUT2D eigenvalue weighted by Gasteiger charge is 2.16. The Labute approximate surface area is 350 Å². The Bertz CT molecular complexity index is 774. The lowest BCUT2D eigenvalue weighted by atomic mass is 9.93. The van der Waals surface area contributed by atoms with E-state index in [4.69, 9.17) is 30.6 Å². The molecule has 0 aromatic rings. The quantitative estimate of drug-likeness (QED) is 0.0939. The molecule has 0 aromatic carbocycles. The van der Waals surface area contributed by atoms with Crippen molar-refractivity contribution in [2.75, 3.05) is 39.6 Å². The first-order valence-corrected chi connectivity index (χ1v) is 23.6. The third-order valence-corrected chi connectivity index (χ3v) is 11.5. The fraction of sp³-hybridized carbons (Fsp3) is 0.875. The van der Waals surface area contributed by atoms with E-state index in [2.05, 4.69) is 13.2 Å². The molecule has 9 nitrogen and oxygen atoms in total. The van der Waals surface area contributed by atoms with Crippen LogP contribution < -0.4 is 0 Å². The standard InChI is InChI=1S/3C11H22O.C6H9NO.C6H14O2.C3H4O2/c3*12-10-11-8-6-4-2-1-3-5-7-9-11;1-2-7-5-3-4-6(7)8;7-5-3-1-2-4-6-8;1-2-3(4)5/h3*11-12H,1-10H2;2H,1,3-5H2;7-8H,1-6H2;2H,1H2,(H,4,5). The molecule has 1 amide bonds. The fourth-order valence-electron chi connectivity index (χ4n) is 7.67. The van der Waals surface area contributed by atoms with Gasteiger partial charge in [-0.3, -0.25) is 4.79 Å². The lowest BCUT2D eigenvalue weighted by molar-refractivity contribution is -0.131. The van der Waals surface area contributed by atoms with Crippen LogP contribution in [-0.4, -0.2) is 87.0 Å². The molecule has 3 aliphatic carbocycles. The molecule has 0 atom stereocenters. The van der Waals surface area contributed by atoms with Crippen LogP contribution >= 0.6 is 0 Å². The number of hydrogen-bond acceptors (Lipinski definition) is 7. The number of nitrogens with zero attached hydrogens (tertiary/aromatic N) is 1. The molecule has 4 aliphatic rings. The number of carbonyl (C=O) groups is 2. The second kappa shape index (κ2) is 46.9. The average molecular weight is 812 g/mol. The molecule has 6 N–H and O–H groups in total. The first kappa shape index (κ1) is 57.3. The number of aliphatic hydroxyl groups excluding tert-OH is 5. The first-order valence-electron chi connectivity index (χ1n) is 23.6. The van der Waals surface area contributed by atoms with Crippen molar-refractivity contribution in [3.63, 3.8) is 0 Å². The highest BCUT2D eigenvalue weighted by molar-refractivity contribution is 5.79. The minimum absolute atomic E-state index is 0.208. The molecule has 1 heterocycles. The lowest BCUT2D eigenvalue weighted by Crippen LogP contribution is -2.16. The zero-order valence-electron chi connectivity index (χ0n) is 36.8. The molecular weight excluding hydrogens is 719 g/mol. The normalized spacial score (nSPS) is 19.7. The zero-order chi connectivity index (χ0) is 42.5. The van der Waals surface area contributed by atoms with Gasteiger partial charge in [0.05, 0.1) is 0 Å². The maximum Gasteiger partial charge on any atom is 0.327 e. The van der Waals surface area contributed by atoms with Gasteiger partial charge in [0, 0.05) is 52.1 Å². The summed E-state index contributed by atoms with van der Waals surface area (Å²) in [5, 5.41) is 51.4. The van der Waals surface area contributed by atoms with Crippen LogP contribution in [0.5, 0.6) is 0 Å². The van der Waals surface area contributed by atoms with Crippen molar-refractivity contribution in [2.45, 2.75) is 212 Å². The van der Waals surface area contributed by atoms with E-state index < -0.39 is 5.97 Å². The second-order valence-electron chi connectivity index (χ2n) is 16.6. The van der Waals surface area contributed by atoms with Crippen molar-refractivity contribution < 1.29 is 40.2 Å². The Morgan fingerprint density at radius 3 is 0.912 bits per heavy atom. The van der Waals surface area contributed by atoms with Crippen LogP contribution in [0.4, 0.5) is 0 Å². The summed E-state index contributed by atoms with van der Waals surface area (Å²) in [5.41, 5.74) is 0. The third kappa shape index (κ3) is 42.2. The molecule has 57 heavy (non-hydrogen) atoms. The summed E-state index contributed by atoms with van der Waals surface area (Å²) >= 11 is 0. The summed E-state index contributed by atoms with van der Waals surface area (Å²) in [7, 11) is 0. The SMILES string of the molecule is C=CC(=O)O.C=CN1CCCC1=O.OCC1CCCCCCCCC1.OCC1CCCCCCCCC1.OCC1CCCCCCCCC1.OCCCCCCO. The van der Waals surface area contributed by atoms with Crippen LogP contribution in [0.2, 0.25) is 0 Å². The number of unbranched alkanes of at least 4 members (excludes halogenated alkanes) is 3. The second-order valence-corrected chi connectivity index (χ2v) is 16.6. The van der Waals surface area contributed by atoms with Gasteiger partial charge in [-0.15, -0.1) is 0 Å². The van der Waals surface area contributed by atoms with E-state index in [1.165, 1.54) is 173 Å². The van der Waals surface area contributed by atoms with E-state index in [-0.39, 0.29) is 19.1 Å². The smallest absolute Gasteiger partial charge is 0.327 e. The van der Waals surface area contributed by atoms with Gasteiger partial charge in [-0.25, -0.2) is 4.79 Å². The molecule has 0 spiro atoms. The van der Waals surface area contributed by atoms with Gasteiger partial charge in [-0.05, 0) is 81.7 Å². The van der Waals surface area contributed by atoms with E-state index in [0.29, 0.717) is 44.0 Å². The Kier molecular flexibility index (Phi) is 47.2. The molecule has 4 rings (SSSR count). The summed E-state index contributed by atoms with van der Waals surface area (Å²) in [6.45, 7) is 9.14. The number of carboxylic acids is 1. The minimum atomic E-state index is -0.981. The highest BCUT2D eigenvalue weighted by atomic mass is 16.4. The van der Waals surface area contributed by atoms with Crippen LogP contribution in [0.1, 0.15) is 212 Å². The van der Waals surface area contributed by atoms with E-state index in [1.807, 2.05) is 0 Å². The van der Waals surface area contributed by atoms with E-state index in [9.17, 15) is 9.59 Å². The van der Waals surface area contributed by atoms with Crippen molar-refractivity contribution >= 4 is 11.9 Å². The number of aliphatic hydroxyl groups is 5. The molecule has 9 heteroatoms. The van der Waals surface area contributed by atoms with Crippen LogP contribution in [0.25, 0.3) is 0 Å². The van der Waals surface area contributed by atoms with Gasteiger partial charge in [0.25, 0.3) is 0 Å². The van der Waals surface area contributed by atoms with Gasteiger partial charge < -0.3 is 35.5 Å². The number of carboxylic acid groups (broad SMARTS) is 1. The van der Waals surface area contributed by atoms with Gasteiger partial charge in [0.2, 0.25) is 5.91 Å². The summed E-state index contributed by atoms with van der Waals surface area (Å²) in [5.74, 6) is 1.07. The van der Waals surface area contributed by atoms with Crippen LogP contribution in [-0.2, 0) is 9.59 Å². The largest absolute Gasteiger partial charge is 0.478 e. The number of aliphatic carboxylic acids is 1. The van der Waals surface area contributed by atoms with Gasteiger partial charge in [0.1, 0.15) is 0 Å². The Hall–Kier alpha value is -1.78. The predicted octanol–water partition coefficient (Wildman–Crippen LogP) is 10.9. The van der Waals surface area contributed by atoms with Gasteiger partial charge in [-0.2, -0.15) is 0 Å². The van der Waals surface area contributed by atoms with E-state index >= 15 is 0 Å². The maximum atomic E-state index is 10.7. The number of carbonyl (C=O) groups excluding carboxylic acids is 1. The van der Waals surface area contributed by atoms with Gasteiger partial charge in [0.15, 0.2) is 0 Å². The third-order valence-electron chi connectivity index (χ3n) is 11.5. The van der Waals surface area contributed by atoms with E-state index in [0.717, 1.165) is 44.7 Å². The molecule has 0 radical (unpaired) electrons. The highest BCUT2D eigenvalue weighted by Crippen LogP contribution is 2.23. The van der Waals surface area contributed by atoms with Crippen molar-refractivity contribution in [2.24, 2.45) is 17.8 Å². The summed E-state index contributed by atoms with van der Waals surface area (Å²) in [6, 6.07) is 0. The van der Waals surface area contributed by atoms with Crippen molar-refractivity contribution in [3.8, 4) is 0 Å². The van der Waals surface area contributed by atoms with Crippen molar-refractivity contribution in [1.82, 2.24) is 4.90 Å². The fourth-order valence-corrected chi connectivity index (χ4v) is 7.67. The molecule has 1 aliphatic heterocycles. The first-order chi connectivity index (χ1) is 27.8. The Morgan fingerprint density at radius 1 is 0.491 bits per heavy atom. The average Bonchev–Trinajstić information content (AvgIpc) is 3.68. The molecule has 0 unspecified atom stereocenters. The summed E-state index contributed by atoms with van der Waals surface area (Å²) < 4.78 is 0. The van der Waals surface area contributed by atoms with Crippen LogP contribution in [0.15, 0.2) is 25.4 Å². The lowest BCUT2D eigenvalue weighted by Gasteiger charge is -2.15. The molecule has 1 saturated heterocycles. The molecule has 338 valence electrons. The maximum absolute atomic E-state index is 10.7. The molecule has 4 fully saturated rings. The summed E-state index contributed by atoms with van der Waals surface area (Å²) in [6.07, 6.45) is 44.6. The van der Waals surface area contributed by atoms with Crippen LogP contribution in [0, 0.1) is 17.8 Å². The molecule has 0 aromatic heterocycles. The van der Waals surface area contributed by atoms with Crippen LogP contribution in [0.3, 0.4) is 0 Å². The van der Waals surface area contributed by atoms with Crippen molar-refractivity contribution in [3.05, 3.63) is 25.4 Å².